The lowest BCUT2D eigenvalue weighted by Gasteiger charge is -2.17. The molecule has 0 aromatic carbocycles. The maximum absolute atomic E-state index is 12.4. The number of hydrogen-bond acceptors (Lipinski definition) is 4. The van der Waals surface area contributed by atoms with Crippen LogP contribution in [0.5, 0.6) is 0 Å². The van der Waals surface area contributed by atoms with Crippen molar-refractivity contribution in [2.45, 2.75) is 50.7 Å². The van der Waals surface area contributed by atoms with Gasteiger partial charge in [0.25, 0.3) is 0 Å². The number of fused-ring (bicyclic) bond motifs is 3. The molecule has 0 amide bonds. The van der Waals surface area contributed by atoms with Crippen LogP contribution in [0.15, 0.2) is 24.7 Å². The van der Waals surface area contributed by atoms with E-state index in [0.29, 0.717) is 18.5 Å². The summed E-state index contributed by atoms with van der Waals surface area (Å²) in [4.78, 5) is 11.8. The number of imidazole rings is 1. The molecule has 11 heteroatoms. The molecule has 0 spiro atoms. The average Bonchev–Trinajstić information content (AvgIpc) is 3.35. The molecule has 3 aromatic heterocycles. The lowest BCUT2D eigenvalue weighted by molar-refractivity contribution is -0.130. The molecule has 0 radical (unpaired) electrons. The quantitative estimate of drug-likeness (QED) is 0.629. The Labute approximate surface area is 165 Å². The fraction of sp³-hybridized carbons (Fsp3) is 0.556. The predicted octanol–water partition coefficient (Wildman–Crippen LogP) is 3.35. The van der Waals surface area contributed by atoms with Gasteiger partial charge in [-0.25, -0.2) is 23.1 Å². The average molecular weight is 429 g/mol. The van der Waals surface area contributed by atoms with Crippen LogP contribution in [-0.4, -0.2) is 45.7 Å². The second kappa shape index (κ2) is 7.28. The third kappa shape index (κ3) is 4.11. The zero-order valence-electron chi connectivity index (χ0n) is 15.8. The predicted molar refractivity (Wildman–Crippen MR) is 102 cm³/mol. The van der Waals surface area contributed by atoms with Crippen molar-refractivity contribution in [3.8, 4) is 0 Å². The summed E-state index contributed by atoms with van der Waals surface area (Å²) in [6, 6.07) is 1.52. The Bertz CT molecular complexity index is 1120. The highest BCUT2D eigenvalue weighted by Crippen LogP contribution is 2.42. The lowest BCUT2D eigenvalue weighted by Crippen LogP contribution is -2.36. The maximum atomic E-state index is 12.4. The molecule has 7 nitrogen and oxygen atoms in total. The molecule has 1 fully saturated rings. The Morgan fingerprint density at radius 1 is 1.28 bits per heavy atom. The number of aromatic nitrogens is 4. The molecular formula is C18H22F3N5O2S. The minimum Gasteiger partial charge on any atom is -0.345 e. The van der Waals surface area contributed by atoms with E-state index in [1.54, 1.807) is 18.6 Å². The van der Waals surface area contributed by atoms with Crippen LogP contribution < -0.4 is 4.72 Å². The van der Waals surface area contributed by atoms with E-state index in [-0.39, 0.29) is 11.8 Å². The number of H-pyrrole nitrogens is 1. The van der Waals surface area contributed by atoms with E-state index in [4.69, 9.17) is 0 Å². The standard InChI is InChI=1S/C18H22F3N5O2S/c1-2-11-7-12(25-29(27,28)6-4-18(19,20)21)8-13(11)15-9-23-16-10-24-17-14(26(15)16)3-5-22-17/h3,5,9-13,22,25H,2,4,6-8H2,1H3/t11-,12+,13+/m0/s1. The van der Waals surface area contributed by atoms with Gasteiger partial charge in [-0.1, -0.05) is 13.3 Å². The van der Waals surface area contributed by atoms with Crippen LogP contribution in [0, 0.1) is 5.92 Å². The molecule has 0 bridgehead atoms. The summed E-state index contributed by atoms with van der Waals surface area (Å²) in [5, 5.41) is 0. The number of rotatable bonds is 6. The summed E-state index contributed by atoms with van der Waals surface area (Å²) in [7, 11) is -4.00. The Balaban J connectivity index is 1.58. The molecule has 1 saturated carbocycles. The molecule has 4 rings (SSSR count). The lowest BCUT2D eigenvalue weighted by atomic mass is 9.91. The number of sulfonamides is 1. The first-order valence-corrected chi connectivity index (χ1v) is 11.2. The van der Waals surface area contributed by atoms with Gasteiger partial charge in [-0.3, -0.25) is 4.40 Å². The van der Waals surface area contributed by atoms with Crippen molar-refractivity contribution in [1.82, 2.24) is 24.1 Å². The largest absolute Gasteiger partial charge is 0.390 e. The second-order valence-corrected chi connectivity index (χ2v) is 9.46. The van der Waals surface area contributed by atoms with Gasteiger partial charge in [0, 0.05) is 30.0 Å². The van der Waals surface area contributed by atoms with Crippen LogP contribution in [0.3, 0.4) is 0 Å². The summed E-state index contributed by atoms with van der Waals surface area (Å²) in [6.07, 6.45) is 1.36. The molecule has 2 N–H and O–H groups in total. The molecule has 1 aliphatic rings. The summed E-state index contributed by atoms with van der Waals surface area (Å²) in [5.41, 5.74) is 3.29. The maximum Gasteiger partial charge on any atom is 0.390 e. The highest BCUT2D eigenvalue weighted by molar-refractivity contribution is 7.89. The Hall–Kier alpha value is -2.14. The van der Waals surface area contributed by atoms with Crippen molar-refractivity contribution in [3.63, 3.8) is 0 Å². The van der Waals surface area contributed by atoms with Crippen molar-refractivity contribution in [2.75, 3.05) is 5.75 Å². The van der Waals surface area contributed by atoms with Crippen LogP contribution in [0.2, 0.25) is 0 Å². The van der Waals surface area contributed by atoms with Crippen molar-refractivity contribution in [3.05, 3.63) is 30.4 Å². The first kappa shape index (κ1) is 20.1. The number of nitrogens with one attached hydrogen (secondary N) is 2. The van der Waals surface area contributed by atoms with Gasteiger partial charge in [-0.15, -0.1) is 0 Å². The van der Waals surface area contributed by atoms with Crippen LogP contribution in [0.1, 0.15) is 44.2 Å². The second-order valence-electron chi connectivity index (χ2n) is 7.59. The number of hydrogen-bond donors (Lipinski definition) is 2. The van der Waals surface area contributed by atoms with Crippen LogP contribution in [0.25, 0.3) is 16.8 Å². The van der Waals surface area contributed by atoms with E-state index < -0.39 is 34.4 Å². The van der Waals surface area contributed by atoms with Gasteiger partial charge >= 0.3 is 6.18 Å². The molecule has 0 saturated heterocycles. The van der Waals surface area contributed by atoms with Crippen LogP contribution in [-0.2, 0) is 10.0 Å². The summed E-state index contributed by atoms with van der Waals surface area (Å²) >= 11 is 0. The first-order chi connectivity index (χ1) is 13.7. The first-order valence-electron chi connectivity index (χ1n) is 9.53. The van der Waals surface area contributed by atoms with Gasteiger partial charge in [-0.05, 0) is 24.8 Å². The molecule has 3 heterocycles. The fourth-order valence-electron chi connectivity index (χ4n) is 4.35. The van der Waals surface area contributed by atoms with E-state index in [2.05, 4.69) is 19.7 Å². The molecule has 158 valence electrons. The molecule has 3 aromatic rings. The molecular weight excluding hydrogens is 407 g/mol. The van der Waals surface area contributed by atoms with Gasteiger partial charge in [0.05, 0.1) is 23.9 Å². The molecule has 29 heavy (non-hydrogen) atoms. The van der Waals surface area contributed by atoms with Crippen molar-refractivity contribution in [2.24, 2.45) is 5.92 Å². The third-order valence-corrected chi connectivity index (χ3v) is 7.10. The summed E-state index contributed by atoms with van der Waals surface area (Å²) in [5.74, 6) is -0.696. The van der Waals surface area contributed by atoms with Crippen molar-refractivity contribution >= 4 is 26.8 Å². The minimum atomic E-state index is -4.49. The highest BCUT2D eigenvalue weighted by Gasteiger charge is 2.38. The number of halogens is 3. The number of alkyl halides is 3. The van der Waals surface area contributed by atoms with Crippen molar-refractivity contribution < 1.29 is 21.6 Å². The minimum absolute atomic E-state index is 0.0471. The third-order valence-electron chi connectivity index (χ3n) is 5.67. The van der Waals surface area contributed by atoms with Crippen LogP contribution in [0.4, 0.5) is 13.2 Å². The van der Waals surface area contributed by atoms with Gasteiger partial charge in [-0.2, -0.15) is 13.2 Å². The van der Waals surface area contributed by atoms with E-state index in [0.717, 1.165) is 23.3 Å². The highest BCUT2D eigenvalue weighted by atomic mass is 32.2. The SMILES string of the molecule is CC[C@H]1C[C@@H](NS(=O)(=O)CCC(F)(F)F)C[C@H]1c1cnc2cnc3[nH]ccc3n12. The molecule has 0 unspecified atom stereocenters. The fourth-order valence-corrected chi connectivity index (χ4v) is 5.67. The molecule has 1 aliphatic carbocycles. The summed E-state index contributed by atoms with van der Waals surface area (Å²) < 4.78 is 66.0. The van der Waals surface area contributed by atoms with E-state index in [1.165, 1.54) is 0 Å². The van der Waals surface area contributed by atoms with Crippen LogP contribution >= 0.6 is 0 Å². The number of nitrogens with zero attached hydrogens (tertiary/aromatic N) is 3. The van der Waals surface area contributed by atoms with E-state index in [9.17, 15) is 21.6 Å². The van der Waals surface area contributed by atoms with Gasteiger partial charge in [0.2, 0.25) is 10.0 Å². The zero-order valence-corrected chi connectivity index (χ0v) is 16.6. The Morgan fingerprint density at radius 3 is 2.79 bits per heavy atom. The zero-order chi connectivity index (χ0) is 20.8. The molecule has 0 aliphatic heterocycles. The van der Waals surface area contributed by atoms with Crippen molar-refractivity contribution in [1.29, 1.82) is 0 Å². The van der Waals surface area contributed by atoms with Gasteiger partial charge < -0.3 is 4.98 Å². The normalized spacial score (nSPS) is 23.4. The number of aromatic amines is 1. The molecule has 3 atom stereocenters. The van der Waals surface area contributed by atoms with E-state index in [1.807, 2.05) is 17.4 Å². The van der Waals surface area contributed by atoms with Gasteiger partial charge in [0.1, 0.15) is 0 Å². The smallest absolute Gasteiger partial charge is 0.345 e. The van der Waals surface area contributed by atoms with E-state index >= 15 is 0 Å². The summed E-state index contributed by atoms with van der Waals surface area (Å²) in [6.45, 7) is 2.04. The topological polar surface area (TPSA) is 92.2 Å². The Kier molecular flexibility index (Phi) is 5.06. The van der Waals surface area contributed by atoms with Gasteiger partial charge in [0.15, 0.2) is 11.3 Å². The Morgan fingerprint density at radius 2 is 2.07 bits per heavy atom. The monoisotopic (exact) mass is 429 g/mol.